The molecular formula is C14H21N3. The lowest BCUT2D eigenvalue weighted by Gasteiger charge is -2.11. The highest BCUT2D eigenvalue weighted by molar-refractivity contribution is 5.59. The summed E-state index contributed by atoms with van der Waals surface area (Å²) in [5, 5.41) is 9.16. The third-order valence-electron chi connectivity index (χ3n) is 5.11. The Balaban J connectivity index is 2.62. The van der Waals surface area contributed by atoms with Gasteiger partial charge in [-0.3, -0.25) is 0 Å². The van der Waals surface area contributed by atoms with E-state index in [1.165, 1.54) is 0 Å². The van der Waals surface area contributed by atoms with Crippen LogP contribution >= 0.6 is 0 Å². The van der Waals surface area contributed by atoms with E-state index in [2.05, 4.69) is 45.3 Å². The van der Waals surface area contributed by atoms with E-state index >= 15 is 0 Å². The van der Waals surface area contributed by atoms with Crippen molar-refractivity contribution in [3.8, 4) is 6.07 Å². The van der Waals surface area contributed by atoms with Gasteiger partial charge in [-0.2, -0.15) is 5.26 Å². The Morgan fingerprint density at radius 3 is 1.94 bits per heavy atom. The van der Waals surface area contributed by atoms with Gasteiger partial charge >= 0.3 is 0 Å². The minimum atomic E-state index is 0.226. The smallest absolute Gasteiger partial charge is 0.122 e. The molecule has 1 aromatic heterocycles. The molecule has 0 saturated heterocycles. The monoisotopic (exact) mass is 231 g/mol. The van der Waals surface area contributed by atoms with Gasteiger partial charge in [0.25, 0.3) is 0 Å². The van der Waals surface area contributed by atoms with Gasteiger partial charge in [0, 0.05) is 11.7 Å². The highest BCUT2D eigenvalue weighted by Crippen LogP contribution is 2.72. The first-order valence-corrected chi connectivity index (χ1v) is 6.05. The standard InChI is InChI=1S/C14H21N3/c1-8-9(2)17(11(16)10(8)7-15)12-13(3,4)14(12,5)6/h12H,16H2,1-6H3. The van der Waals surface area contributed by atoms with E-state index in [4.69, 9.17) is 11.0 Å². The fourth-order valence-corrected chi connectivity index (χ4v) is 3.14. The number of nitrogens with two attached hydrogens (primary N) is 1. The fourth-order valence-electron chi connectivity index (χ4n) is 3.14. The van der Waals surface area contributed by atoms with Crippen LogP contribution < -0.4 is 5.73 Å². The van der Waals surface area contributed by atoms with Gasteiger partial charge in [0.05, 0.1) is 5.56 Å². The number of rotatable bonds is 1. The number of hydrogen-bond donors (Lipinski definition) is 1. The second-order valence-electron chi connectivity index (χ2n) is 6.30. The minimum Gasteiger partial charge on any atom is -0.384 e. The predicted octanol–water partition coefficient (Wildman–Crippen LogP) is 3.17. The molecule has 0 radical (unpaired) electrons. The van der Waals surface area contributed by atoms with Crippen molar-refractivity contribution < 1.29 is 0 Å². The number of hydrogen-bond acceptors (Lipinski definition) is 2. The molecule has 17 heavy (non-hydrogen) atoms. The van der Waals surface area contributed by atoms with Crippen molar-refractivity contribution in [2.24, 2.45) is 10.8 Å². The molecule has 0 aromatic carbocycles. The maximum absolute atomic E-state index is 9.16. The van der Waals surface area contributed by atoms with Crippen LogP contribution in [0.5, 0.6) is 0 Å². The summed E-state index contributed by atoms with van der Waals surface area (Å²) in [5.41, 5.74) is 9.38. The zero-order chi connectivity index (χ0) is 13.2. The Labute approximate surface area is 103 Å². The Morgan fingerprint density at radius 1 is 1.18 bits per heavy atom. The van der Waals surface area contributed by atoms with Crippen LogP contribution in [-0.2, 0) is 0 Å². The lowest BCUT2D eigenvalue weighted by molar-refractivity contribution is 0.457. The van der Waals surface area contributed by atoms with E-state index in [0.717, 1.165) is 11.3 Å². The van der Waals surface area contributed by atoms with E-state index in [0.29, 0.717) is 17.4 Å². The topological polar surface area (TPSA) is 54.7 Å². The molecule has 1 saturated carbocycles. The molecule has 1 heterocycles. The summed E-state index contributed by atoms with van der Waals surface area (Å²) in [6, 6.07) is 2.60. The Kier molecular flexibility index (Phi) is 2.17. The second kappa shape index (κ2) is 3.07. The number of aromatic nitrogens is 1. The molecule has 2 N–H and O–H groups in total. The van der Waals surface area contributed by atoms with Gasteiger partial charge in [0.2, 0.25) is 0 Å². The molecule has 0 atom stereocenters. The summed E-state index contributed by atoms with van der Waals surface area (Å²) in [6.45, 7) is 13.1. The van der Waals surface area contributed by atoms with Crippen LogP contribution in [0.1, 0.15) is 50.6 Å². The van der Waals surface area contributed by atoms with Crippen molar-refractivity contribution in [3.05, 3.63) is 16.8 Å². The first-order valence-electron chi connectivity index (χ1n) is 6.05. The molecule has 1 aromatic rings. The Morgan fingerprint density at radius 2 is 1.65 bits per heavy atom. The molecule has 0 spiro atoms. The van der Waals surface area contributed by atoms with E-state index in [1.807, 2.05) is 6.92 Å². The molecule has 0 amide bonds. The molecule has 3 nitrogen and oxygen atoms in total. The van der Waals surface area contributed by atoms with Crippen LogP contribution in [0.2, 0.25) is 0 Å². The van der Waals surface area contributed by atoms with Gasteiger partial charge in [0.1, 0.15) is 11.9 Å². The maximum atomic E-state index is 9.16. The maximum Gasteiger partial charge on any atom is 0.122 e. The largest absolute Gasteiger partial charge is 0.384 e. The molecule has 0 aliphatic heterocycles. The molecule has 1 fully saturated rings. The van der Waals surface area contributed by atoms with Gasteiger partial charge in [0.15, 0.2) is 0 Å². The summed E-state index contributed by atoms with van der Waals surface area (Å²) in [5.74, 6) is 0.631. The van der Waals surface area contributed by atoms with Crippen molar-refractivity contribution in [2.45, 2.75) is 47.6 Å². The van der Waals surface area contributed by atoms with Crippen LogP contribution in [0.4, 0.5) is 5.82 Å². The van der Waals surface area contributed by atoms with Crippen LogP contribution in [-0.4, -0.2) is 4.57 Å². The third kappa shape index (κ3) is 1.21. The van der Waals surface area contributed by atoms with Gasteiger partial charge in [-0.25, -0.2) is 0 Å². The second-order valence-corrected chi connectivity index (χ2v) is 6.30. The molecule has 1 aliphatic carbocycles. The van der Waals surface area contributed by atoms with Crippen molar-refractivity contribution >= 4 is 5.82 Å². The zero-order valence-corrected chi connectivity index (χ0v) is 11.5. The van der Waals surface area contributed by atoms with Crippen molar-refractivity contribution in [3.63, 3.8) is 0 Å². The highest BCUT2D eigenvalue weighted by Gasteiger charge is 2.66. The molecule has 92 valence electrons. The molecular weight excluding hydrogens is 210 g/mol. The summed E-state index contributed by atoms with van der Waals surface area (Å²) in [4.78, 5) is 0. The molecule has 0 unspecified atom stereocenters. The number of anilines is 1. The van der Waals surface area contributed by atoms with E-state index < -0.39 is 0 Å². The lowest BCUT2D eigenvalue weighted by atomic mass is 10.0. The number of nitrogens with zero attached hydrogens (tertiary/aromatic N) is 2. The van der Waals surface area contributed by atoms with Crippen molar-refractivity contribution in [1.82, 2.24) is 4.57 Å². The quantitative estimate of drug-likeness (QED) is 0.807. The minimum absolute atomic E-state index is 0.226. The zero-order valence-electron chi connectivity index (χ0n) is 11.5. The van der Waals surface area contributed by atoms with Crippen LogP contribution in [0.25, 0.3) is 0 Å². The van der Waals surface area contributed by atoms with Gasteiger partial charge in [-0.05, 0) is 30.2 Å². The van der Waals surface area contributed by atoms with Crippen LogP contribution in [0.15, 0.2) is 0 Å². The van der Waals surface area contributed by atoms with Gasteiger partial charge in [-0.15, -0.1) is 0 Å². The van der Waals surface area contributed by atoms with Gasteiger partial charge in [-0.1, -0.05) is 27.7 Å². The normalized spacial score (nSPS) is 21.2. The molecule has 2 rings (SSSR count). The lowest BCUT2D eigenvalue weighted by Crippen LogP contribution is -2.07. The van der Waals surface area contributed by atoms with E-state index in [-0.39, 0.29) is 10.8 Å². The number of nitrogen functional groups attached to an aromatic ring is 1. The number of nitriles is 1. The van der Waals surface area contributed by atoms with Crippen molar-refractivity contribution in [2.75, 3.05) is 5.73 Å². The summed E-state index contributed by atoms with van der Waals surface area (Å²) in [7, 11) is 0. The Bertz CT molecular complexity index is 513. The molecule has 1 aliphatic rings. The van der Waals surface area contributed by atoms with E-state index in [1.54, 1.807) is 0 Å². The molecule has 0 bridgehead atoms. The third-order valence-corrected chi connectivity index (χ3v) is 5.11. The Hall–Kier alpha value is -1.43. The SMILES string of the molecule is Cc1c(C#N)c(N)n(C2C(C)(C)C2(C)C)c1C. The average Bonchev–Trinajstić information content (AvgIpc) is 2.50. The van der Waals surface area contributed by atoms with Gasteiger partial charge < -0.3 is 10.3 Å². The fraction of sp³-hybridized carbons (Fsp3) is 0.643. The molecule has 3 heteroatoms. The summed E-state index contributed by atoms with van der Waals surface area (Å²) < 4.78 is 2.16. The van der Waals surface area contributed by atoms with E-state index in [9.17, 15) is 0 Å². The summed E-state index contributed by atoms with van der Waals surface area (Å²) >= 11 is 0. The average molecular weight is 231 g/mol. The predicted molar refractivity (Wildman–Crippen MR) is 69.6 cm³/mol. The first-order chi connectivity index (χ1) is 7.67. The highest BCUT2D eigenvalue weighted by atomic mass is 15.2. The summed E-state index contributed by atoms with van der Waals surface area (Å²) in [6.07, 6.45) is 0. The van der Waals surface area contributed by atoms with Crippen LogP contribution in [0.3, 0.4) is 0 Å². The first kappa shape index (κ1) is 12.0. The van der Waals surface area contributed by atoms with Crippen LogP contribution in [0, 0.1) is 36.0 Å². The van der Waals surface area contributed by atoms with Crippen molar-refractivity contribution in [1.29, 1.82) is 5.26 Å².